The lowest BCUT2D eigenvalue weighted by Gasteiger charge is -2.28. The molecule has 0 amide bonds. The summed E-state index contributed by atoms with van der Waals surface area (Å²) in [5.74, 6) is 0. The van der Waals surface area contributed by atoms with Gasteiger partial charge < -0.3 is 10.6 Å². The molecule has 0 bridgehead atoms. The summed E-state index contributed by atoms with van der Waals surface area (Å²) in [6, 6.07) is 12.4. The van der Waals surface area contributed by atoms with E-state index in [9.17, 15) is 5.26 Å². The van der Waals surface area contributed by atoms with Crippen LogP contribution in [0.15, 0.2) is 34.8 Å². The van der Waals surface area contributed by atoms with E-state index in [4.69, 9.17) is 5.73 Å². The summed E-state index contributed by atoms with van der Waals surface area (Å²) in [6.07, 6.45) is 0.965. The minimum Gasteiger partial charge on any atom is -0.397 e. The number of rotatable bonds is 1. The maximum atomic E-state index is 9.35. The zero-order chi connectivity index (χ0) is 15.0. The van der Waals surface area contributed by atoms with Gasteiger partial charge in [0.05, 0.1) is 11.3 Å². The molecule has 1 heterocycles. The molecule has 0 unspecified atom stereocenters. The van der Waals surface area contributed by atoms with Gasteiger partial charge in [0.1, 0.15) is 6.07 Å². The van der Waals surface area contributed by atoms with Crippen molar-refractivity contribution in [2.24, 2.45) is 0 Å². The van der Waals surface area contributed by atoms with Crippen molar-refractivity contribution in [2.45, 2.75) is 13.0 Å². The van der Waals surface area contributed by atoms with Crippen LogP contribution in [0.3, 0.4) is 0 Å². The van der Waals surface area contributed by atoms with Crippen molar-refractivity contribution in [3.8, 4) is 17.2 Å². The zero-order valence-electron chi connectivity index (χ0n) is 11.9. The van der Waals surface area contributed by atoms with Gasteiger partial charge in [0.25, 0.3) is 0 Å². The van der Waals surface area contributed by atoms with Crippen molar-refractivity contribution in [1.29, 1.82) is 5.26 Å². The molecule has 2 N–H and O–H groups in total. The monoisotopic (exact) mass is 341 g/mol. The third kappa shape index (κ3) is 2.55. The van der Waals surface area contributed by atoms with Gasteiger partial charge in [0, 0.05) is 17.6 Å². The predicted octanol–water partition coefficient (Wildman–Crippen LogP) is 3.56. The summed E-state index contributed by atoms with van der Waals surface area (Å²) >= 11 is 3.46. The lowest BCUT2D eigenvalue weighted by Crippen LogP contribution is -2.28. The van der Waals surface area contributed by atoms with E-state index in [2.05, 4.69) is 46.1 Å². The molecule has 0 spiro atoms. The highest BCUT2D eigenvalue weighted by Gasteiger charge is 2.22. The predicted molar refractivity (Wildman–Crippen MR) is 88.7 cm³/mol. The molecule has 1 aliphatic rings. The van der Waals surface area contributed by atoms with Crippen LogP contribution in [0.4, 0.5) is 5.69 Å². The fraction of sp³-hybridized carbons (Fsp3) is 0.235. The molecule has 21 heavy (non-hydrogen) atoms. The maximum Gasteiger partial charge on any atom is 0.101 e. The average Bonchev–Trinajstić information content (AvgIpc) is 2.49. The van der Waals surface area contributed by atoms with E-state index in [1.165, 1.54) is 5.56 Å². The second kappa shape index (κ2) is 5.51. The van der Waals surface area contributed by atoms with Crippen LogP contribution < -0.4 is 5.73 Å². The highest BCUT2D eigenvalue weighted by atomic mass is 79.9. The minimum atomic E-state index is 0.571. The van der Waals surface area contributed by atoms with Gasteiger partial charge >= 0.3 is 0 Å². The molecule has 2 aromatic rings. The molecule has 0 atom stereocenters. The van der Waals surface area contributed by atoms with Crippen molar-refractivity contribution in [2.75, 3.05) is 19.3 Å². The van der Waals surface area contributed by atoms with Crippen LogP contribution >= 0.6 is 15.9 Å². The SMILES string of the molecule is CN1CCc2c(-c3ccc(Br)cc3)cc(C#N)c(N)c2C1. The number of anilines is 1. The van der Waals surface area contributed by atoms with E-state index in [1.54, 1.807) is 0 Å². The summed E-state index contributed by atoms with van der Waals surface area (Å²) in [6.45, 7) is 1.82. The Balaban J connectivity index is 2.23. The summed E-state index contributed by atoms with van der Waals surface area (Å²) in [4.78, 5) is 2.24. The van der Waals surface area contributed by atoms with Gasteiger partial charge in [-0.2, -0.15) is 5.26 Å². The van der Waals surface area contributed by atoms with E-state index in [-0.39, 0.29) is 0 Å². The van der Waals surface area contributed by atoms with Crippen molar-refractivity contribution < 1.29 is 0 Å². The number of nitrogen functional groups attached to an aromatic ring is 1. The third-order valence-corrected chi connectivity index (χ3v) is 4.57. The van der Waals surface area contributed by atoms with E-state index in [0.717, 1.165) is 40.7 Å². The molecule has 4 heteroatoms. The molecule has 3 rings (SSSR count). The topological polar surface area (TPSA) is 53.0 Å². The van der Waals surface area contributed by atoms with Gasteiger partial charge in [0.15, 0.2) is 0 Å². The zero-order valence-corrected chi connectivity index (χ0v) is 13.4. The molecule has 0 saturated carbocycles. The molecular formula is C17H16BrN3. The number of nitriles is 1. The summed E-state index contributed by atoms with van der Waals surface area (Å²) in [7, 11) is 2.08. The number of nitrogens with zero attached hydrogens (tertiary/aromatic N) is 2. The lowest BCUT2D eigenvalue weighted by molar-refractivity contribution is 0.314. The molecule has 1 aliphatic heterocycles. The normalized spacial score (nSPS) is 14.5. The van der Waals surface area contributed by atoms with Crippen LogP contribution in [0.2, 0.25) is 0 Å². The van der Waals surface area contributed by atoms with Crippen LogP contribution in [-0.2, 0) is 13.0 Å². The molecule has 0 aliphatic carbocycles. The number of nitrogens with two attached hydrogens (primary N) is 1. The van der Waals surface area contributed by atoms with Crippen molar-refractivity contribution in [1.82, 2.24) is 4.90 Å². The van der Waals surface area contributed by atoms with Gasteiger partial charge in [-0.15, -0.1) is 0 Å². The van der Waals surface area contributed by atoms with Gasteiger partial charge in [-0.1, -0.05) is 28.1 Å². The van der Waals surface area contributed by atoms with E-state index in [0.29, 0.717) is 11.3 Å². The summed E-state index contributed by atoms with van der Waals surface area (Å²) in [5, 5.41) is 9.35. The molecule has 0 radical (unpaired) electrons. The first-order valence-electron chi connectivity index (χ1n) is 6.89. The number of fused-ring (bicyclic) bond motifs is 1. The fourth-order valence-electron chi connectivity index (χ4n) is 2.89. The Morgan fingerprint density at radius 1 is 1.24 bits per heavy atom. The van der Waals surface area contributed by atoms with Gasteiger partial charge in [-0.25, -0.2) is 0 Å². The number of likely N-dealkylation sites (N-methyl/N-ethyl adjacent to an activating group) is 1. The van der Waals surface area contributed by atoms with Crippen molar-refractivity contribution in [3.63, 3.8) is 0 Å². The second-order valence-corrected chi connectivity index (χ2v) is 6.36. The first-order chi connectivity index (χ1) is 10.1. The fourth-order valence-corrected chi connectivity index (χ4v) is 3.16. The molecule has 2 aromatic carbocycles. The Labute approximate surface area is 133 Å². The Kier molecular flexibility index (Phi) is 3.71. The molecular weight excluding hydrogens is 326 g/mol. The molecule has 3 nitrogen and oxygen atoms in total. The number of halogens is 1. The second-order valence-electron chi connectivity index (χ2n) is 5.45. The molecule has 0 aromatic heterocycles. The van der Waals surface area contributed by atoms with Gasteiger partial charge in [-0.3, -0.25) is 0 Å². The molecule has 0 fully saturated rings. The quantitative estimate of drug-likeness (QED) is 0.807. The Bertz CT molecular complexity index is 729. The lowest BCUT2D eigenvalue weighted by atomic mass is 9.87. The van der Waals surface area contributed by atoms with Gasteiger partial charge in [-0.05, 0) is 53.9 Å². The number of benzene rings is 2. The van der Waals surface area contributed by atoms with E-state index in [1.807, 2.05) is 18.2 Å². The van der Waals surface area contributed by atoms with Crippen molar-refractivity contribution in [3.05, 3.63) is 51.5 Å². The highest BCUT2D eigenvalue weighted by Crippen LogP contribution is 2.36. The van der Waals surface area contributed by atoms with E-state index < -0.39 is 0 Å². The number of hydrogen-bond acceptors (Lipinski definition) is 3. The van der Waals surface area contributed by atoms with E-state index >= 15 is 0 Å². The molecule has 106 valence electrons. The first-order valence-corrected chi connectivity index (χ1v) is 7.68. The maximum absolute atomic E-state index is 9.35. The summed E-state index contributed by atoms with van der Waals surface area (Å²) in [5.41, 5.74) is 12.1. The van der Waals surface area contributed by atoms with Crippen molar-refractivity contribution >= 4 is 21.6 Å². The van der Waals surface area contributed by atoms with Crippen LogP contribution in [-0.4, -0.2) is 18.5 Å². The number of hydrogen-bond donors (Lipinski definition) is 1. The van der Waals surface area contributed by atoms with Crippen LogP contribution in [0.5, 0.6) is 0 Å². The Hall–Kier alpha value is -1.83. The van der Waals surface area contributed by atoms with Crippen LogP contribution in [0, 0.1) is 11.3 Å². The standard InChI is InChI=1S/C17H16BrN3/c1-21-7-6-14-15(11-2-4-13(18)5-3-11)8-12(9-19)17(20)16(14)10-21/h2-5,8H,6-7,10,20H2,1H3. The smallest absolute Gasteiger partial charge is 0.101 e. The van der Waals surface area contributed by atoms with Gasteiger partial charge in [0.2, 0.25) is 0 Å². The average molecular weight is 342 g/mol. The minimum absolute atomic E-state index is 0.571. The third-order valence-electron chi connectivity index (χ3n) is 4.04. The Morgan fingerprint density at radius 2 is 1.95 bits per heavy atom. The molecule has 0 saturated heterocycles. The Morgan fingerprint density at radius 3 is 2.62 bits per heavy atom. The summed E-state index contributed by atoms with van der Waals surface area (Å²) < 4.78 is 1.05. The van der Waals surface area contributed by atoms with Crippen LogP contribution in [0.25, 0.3) is 11.1 Å². The highest BCUT2D eigenvalue weighted by molar-refractivity contribution is 9.10. The largest absolute Gasteiger partial charge is 0.397 e. The first kappa shape index (κ1) is 14.1. The van der Waals surface area contributed by atoms with Crippen LogP contribution in [0.1, 0.15) is 16.7 Å².